The second kappa shape index (κ2) is 10.5. The molecule has 26 heavy (non-hydrogen) atoms. The Kier molecular flexibility index (Phi) is 9.03. The summed E-state index contributed by atoms with van der Waals surface area (Å²) >= 11 is 0. The van der Waals surface area contributed by atoms with Gasteiger partial charge in [-0.3, -0.25) is 4.98 Å². The molecule has 0 aliphatic carbocycles. The van der Waals surface area contributed by atoms with Crippen LogP contribution in [0, 0.1) is 19.9 Å². The van der Waals surface area contributed by atoms with Gasteiger partial charge in [0.25, 0.3) is 0 Å². The van der Waals surface area contributed by atoms with Crippen LogP contribution in [0.15, 0.2) is 42.6 Å². The van der Waals surface area contributed by atoms with E-state index in [4.69, 9.17) is 10.2 Å². The van der Waals surface area contributed by atoms with E-state index in [1.807, 2.05) is 32.0 Å². The first-order valence-corrected chi connectivity index (χ1v) is 8.44. The van der Waals surface area contributed by atoms with Crippen molar-refractivity contribution in [3.05, 3.63) is 60.0 Å². The first kappa shape index (κ1) is 22.4. The molecule has 141 valence electrons. The van der Waals surface area contributed by atoms with Crippen molar-refractivity contribution in [1.29, 1.82) is 0 Å². The fraction of sp³-hybridized carbons (Fsp3) is 0.333. The van der Waals surface area contributed by atoms with Gasteiger partial charge in [0, 0.05) is 37.7 Å². The smallest absolute Gasteiger partial charge is 0.0539 e. The molecule has 0 aliphatic rings. The van der Waals surface area contributed by atoms with Gasteiger partial charge in [0.05, 0.1) is 17.9 Å². The maximum Gasteiger partial charge on any atom is 0.0539 e. The number of aliphatic hydroxyl groups is 2. The number of hydrogen-bond donors (Lipinski definition) is 2. The first-order chi connectivity index (χ1) is 11.9. The average molecular weight is 530 g/mol. The third kappa shape index (κ3) is 6.58. The van der Waals surface area contributed by atoms with E-state index in [-0.39, 0.29) is 32.3 Å². The Hall–Kier alpha value is -1.65. The number of aromatic nitrogens is 2. The normalized spacial score (nSPS) is 12.5. The molecule has 0 aliphatic heterocycles. The molecule has 0 fully saturated rings. The van der Waals surface area contributed by atoms with Gasteiger partial charge in [-0.15, -0.1) is 29.1 Å². The van der Waals surface area contributed by atoms with Crippen LogP contribution in [-0.2, 0) is 20.1 Å². The molecule has 5 heteroatoms. The van der Waals surface area contributed by atoms with Gasteiger partial charge in [0.15, 0.2) is 0 Å². The van der Waals surface area contributed by atoms with Gasteiger partial charge in [-0.05, 0) is 34.1 Å². The Morgan fingerprint density at radius 1 is 1.04 bits per heavy atom. The quantitative estimate of drug-likeness (QED) is 0.506. The molecule has 3 rings (SSSR count). The Morgan fingerprint density at radius 3 is 2.19 bits per heavy atom. The number of aryl methyl sites for hydroxylation is 2. The standard InChI is InChI=1S/C16H13N2.C5H12O2.Ir/c1-11-10-17-16(12(2)18-11)15-8-7-13-5-3-4-6-14(13)9-15;1-4(6)3-5(2)7;/h3-7,9-10H,1-2H3;4-7H,3H2,1-2H3;/q-1;;. The van der Waals surface area contributed by atoms with E-state index in [9.17, 15) is 0 Å². The number of rotatable bonds is 3. The van der Waals surface area contributed by atoms with Crippen LogP contribution in [0.1, 0.15) is 31.7 Å². The predicted molar refractivity (Wildman–Crippen MR) is 101 cm³/mol. The molecule has 2 aromatic carbocycles. The van der Waals surface area contributed by atoms with Crippen molar-refractivity contribution in [2.45, 2.75) is 46.3 Å². The minimum absolute atomic E-state index is 0. The zero-order chi connectivity index (χ0) is 18.4. The number of benzene rings is 2. The molecule has 1 heterocycles. The van der Waals surface area contributed by atoms with Crippen molar-refractivity contribution in [2.24, 2.45) is 0 Å². The van der Waals surface area contributed by atoms with Crippen LogP contribution in [-0.4, -0.2) is 32.4 Å². The summed E-state index contributed by atoms with van der Waals surface area (Å²) in [7, 11) is 0. The van der Waals surface area contributed by atoms with Crippen LogP contribution in [0.4, 0.5) is 0 Å². The summed E-state index contributed by atoms with van der Waals surface area (Å²) in [5, 5.41) is 19.5. The van der Waals surface area contributed by atoms with E-state index < -0.39 is 0 Å². The zero-order valence-corrected chi connectivity index (χ0v) is 17.9. The molecule has 3 aromatic rings. The van der Waals surface area contributed by atoms with Gasteiger partial charge in [-0.2, -0.15) is 0 Å². The molecule has 2 N–H and O–H groups in total. The van der Waals surface area contributed by atoms with E-state index in [1.54, 1.807) is 20.0 Å². The minimum atomic E-state index is -0.375. The molecule has 0 spiro atoms. The van der Waals surface area contributed by atoms with Gasteiger partial charge in [0.2, 0.25) is 0 Å². The van der Waals surface area contributed by atoms with Gasteiger partial charge < -0.3 is 15.2 Å². The zero-order valence-electron chi connectivity index (χ0n) is 15.5. The second-order valence-electron chi connectivity index (χ2n) is 6.35. The van der Waals surface area contributed by atoms with Crippen LogP contribution in [0.5, 0.6) is 0 Å². The average Bonchev–Trinajstić information content (AvgIpc) is 2.54. The summed E-state index contributed by atoms with van der Waals surface area (Å²) in [5.41, 5.74) is 3.80. The van der Waals surface area contributed by atoms with E-state index >= 15 is 0 Å². The molecule has 1 radical (unpaired) electrons. The predicted octanol–water partition coefficient (Wildman–Crippen LogP) is 3.85. The number of nitrogens with zero attached hydrogens (tertiary/aromatic N) is 2. The first-order valence-electron chi connectivity index (χ1n) is 8.44. The molecular weight excluding hydrogens is 504 g/mol. The maximum atomic E-state index is 8.56. The van der Waals surface area contributed by atoms with Crippen molar-refractivity contribution >= 4 is 10.8 Å². The molecule has 1 aromatic heterocycles. The van der Waals surface area contributed by atoms with E-state index in [1.165, 1.54) is 10.8 Å². The van der Waals surface area contributed by atoms with Crippen LogP contribution >= 0.6 is 0 Å². The van der Waals surface area contributed by atoms with Crippen molar-refractivity contribution in [3.63, 3.8) is 0 Å². The van der Waals surface area contributed by atoms with Crippen molar-refractivity contribution in [3.8, 4) is 11.3 Å². The molecule has 0 saturated heterocycles. The number of aliphatic hydroxyl groups excluding tert-OH is 2. The Bertz CT molecular complexity index is 829. The molecule has 0 amide bonds. The Balaban J connectivity index is 0.000000366. The summed E-state index contributed by atoms with van der Waals surface area (Å²) in [5.74, 6) is 0. The maximum absolute atomic E-state index is 8.56. The Morgan fingerprint density at radius 2 is 1.65 bits per heavy atom. The molecule has 2 unspecified atom stereocenters. The summed E-state index contributed by atoms with van der Waals surface area (Å²) in [6.45, 7) is 7.26. The topological polar surface area (TPSA) is 66.2 Å². The monoisotopic (exact) mass is 530 g/mol. The van der Waals surface area contributed by atoms with Crippen LogP contribution < -0.4 is 0 Å². The summed E-state index contributed by atoms with van der Waals surface area (Å²) in [6.07, 6.45) is 1.52. The SMILES string of the molecule is CC(O)CC(C)O.Cc1cnc(-c2[c-]cc3ccccc3c2)c(C)n1.[Ir]. The molecule has 4 nitrogen and oxygen atoms in total. The third-order valence-electron chi connectivity index (χ3n) is 3.68. The van der Waals surface area contributed by atoms with Crippen LogP contribution in [0.3, 0.4) is 0 Å². The van der Waals surface area contributed by atoms with Crippen LogP contribution in [0.25, 0.3) is 22.0 Å². The summed E-state index contributed by atoms with van der Waals surface area (Å²) in [4.78, 5) is 8.91. The summed E-state index contributed by atoms with van der Waals surface area (Å²) in [6, 6.07) is 15.7. The Labute approximate surface area is 168 Å². The van der Waals surface area contributed by atoms with Gasteiger partial charge in [-0.1, -0.05) is 29.7 Å². The van der Waals surface area contributed by atoms with E-state index in [0.717, 1.165) is 22.6 Å². The largest absolute Gasteiger partial charge is 0.393 e. The fourth-order valence-electron chi connectivity index (χ4n) is 2.62. The third-order valence-corrected chi connectivity index (χ3v) is 3.68. The molecule has 0 bridgehead atoms. The minimum Gasteiger partial charge on any atom is -0.393 e. The molecule has 2 atom stereocenters. The van der Waals surface area contributed by atoms with Gasteiger partial charge in [0.1, 0.15) is 0 Å². The van der Waals surface area contributed by atoms with Crippen LogP contribution in [0.2, 0.25) is 0 Å². The van der Waals surface area contributed by atoms with Crippen molar-refractivity contribution < 1.29 is 30.3 Å². The van der Waals surface area contributed by atoms with Crippen molar-refractivity contribution in [2.75, 3.05) is 0 Å². The van der Waals surface area contributed by atoms with Crippen molar-refractivity contribution in [1.82, 2.24) is 9.97 Å². The summed E-state index contributed by atoms with van der Waals surface area (Å²) < 4.78 is 0. The molecular formula is C21H25IrN2O2-. The van der Waals surface area contributed by atoms with Gasteiger partial charge in [-0.25, -0.2) is 0 Å². The van der Waals surface area contributed by atoms with E-state index in [2.05, 4.69) is 34.2 Å². The van der Waals surface area contributed by atoms with Gasteiger partial charge >= 0.3 is 0 Å². The second-order valence-corrected chi connectivity index (χ2v) is 6.35. The molecule has 0 saturated carbocycles. The fourth-order valence-corrected chi connectivity index (χ4v) is 2.62. The number of fused-ring (bicyclic) bond motifs is 1. The number of hydrogen-bond acceptors (Lipinski definition) is 4. The van der Waals surface area contributed by atoms with E-state index in [0.29, 0.717) is 6.42 Å².